The number of carbonyl (C=O) groups is 3. The highest BCUT2D eigenvalue weighted by Gasteiger charge is 2.33. The lowest BCUT2D eigenvalue weighted by atomic mass is 9.85. The number of fused-ring (bicyclic) bond motifs is 1. The molecular formula is C22H22N4O5. The second kappa shape index (κ2) is 10.1. The number of nitrogens with one attached hydrogen (secondary N) is 3. The summed E-state index contributed by atoms with van der Waals surface area (Å²) in [4.78, 5) is 32.6. The number of benzene rings is 2. The molecular weight excluding hydrogens is 400 g/mol. The predicted octanol–water partition coefficient (Wildman–Crippen LogP) is 2.52. The van der Waals surface area contributed by atoms with E-state index in [4.69, 9.17) is 14.6 Å². The molecule has 1 aromatic heterocycles. The van der Waals surface area contributed by atoms with E-state index in [1.165, 1.54) is 0 Å². The van der Waals surface area contributed by atoms with Crippen molar-refractivity contribution in [3.63, 3.8) is 0 Å². The molecule has 160 valence electrons. The number of carbonyl (C=O) groups excluding carboxylic acids is 2. The number of carboxylic acid groups (broad SMARTS) is 1. The average molecular weight is 422 g/mol. The van der Waals surface area contributed by atoms with Crippen LogP contribution in [0.2, 0.25) is 0 Å². The fourth-order valence-corrected chi connectivity index (χ4v) is 3.38. The smallest absolute Gasteiger partial charge is 0.290 e. The lowest BCUT2D eigenvalue weighted by Gasteiger charge is -2.23. The molecule has 3 aromatic rings. The van der Waals surface area contributed by atoms with Gasteiger partial charge >= 0.3 is 0 Å². The summed E-state index contributed by atoms with van der Waals surface area (Å²) in [5.74, 6) is 0.503. The molecule has 2 heterocycles. The van der Waals surface area contributed by atoms with Gasteiger partial charge in [0.15, 0.2) is 5.82 Å². The predicted molar refractivity (Wildman–Crippen MR) is 113 cm³/mol. The van der Waals surface area contributed by atoms with E-state index in [1.54, 1.807) is 7.05 Å². The van der Waals surface area contributed by atoms with Gasteiger partial charge in [0, 0.05) is 24.9 Å². The minimum absolute atomic E-state index is 0.128. The second-order valence-corrected chi connectivity index (χ2v) is 6.69. The highest BCUT2D eigenvalue weighted by atomic mass is 16.5. The van der Waals surface area contributed by atoms with Crippen LogP contribution in [0, 0.1) is 0 Å². The number of rotatable bonds is 5. The van der Waals surface area contributed by atoms with Gasteiger partial charge in [0.05, 0.1) is 0 Å². The van der Waals surface area contributed by atoms with Crippen LogP contribution in [0.4, 0.5) is 5.82 Å². The molecule has 1 aliphatic rings. The quantitative estimate of drug-likeness (QED) is 0.467. The standard InChI is InChI=1S/C21H20N4O3.CH2O2/c1-22-21(27)19-18-16(11-17(26)23-20(18)25-24-19)14-7-9-15(10-8-14)28-12-13-5-3-2-4-6-13;2-1-3/h2-10,16H,11-12H2,1H3,(H,22,27)(H2,23,24,25,26);1H,(H,2,3). The SMILES string of the molecule is CNC(=O)c1[nH]nc2c1C(c1ccc(OCc3ccccc3)cc1)CC(=O)N2.O=CO. The summed E-state index contributed by atoms with van der Waals surface area (Å²) < 4.78 is 5.83. The summed E-state index contributed by atoms with van der Waals surface area (Å²) in [6, 6.07) is 17.5. The molecule has 0 spiro atoms. The van der Waals surface area contributed by atoms with Crippen LogP contribution in [0.25, 0.3) is 0 Å². The van der Waals surface area contributed by atoms with Crippen molar-refractivity contribution in [2.45, 2.75) is 18.9 Å². The number of hydrogen-bond donors (Lipinski definition) is 4. The van der Waals surface area contributed by atoms with Gasteiger partial charge in [-0.1, -0.05) is 42.5 Å². The maximum Gasteiger partial charge on any atom is 0.290 e. The monoisotopic (exact) mass is 422 g/mol. The Kier molecular flexibility index (Phi) is 7.00. The van der Waals surface area contributed by atoms with Crippen LogP contribution in [-0.4, -0.2) is 40.6 Å². The maximum atomic E-state index is 12.2. The Balaban J connectivity index is 0.000000858. The molecule has 1 atom stereocenters. The van der Waals surface area contributed by atoms with Crippen LogP contribution in [0.3, 0.4) is 0 Å². The van der Waals surface area contributed by atoms with E-state index in [0.29, 0.717) is 23.7 Å². The third-order valence-electron chi connectivity index (χ3n) is 4.78. The molecule has 1 unspecified atom stereocenters. The van der Waals surface area contributed by atoms with E-state index < -0.39 is 0 Å². The maximum absolute atomic E-state index is 12.2. The molecule has 4 N–H and O–H groups in total. The van der Waals surface area contributed by atoms with Gasteiger partial charge in [-0.05, 0) is 23.3 Å². The first-order valence-corrected chi connectivity index (χ1v) is 9.52. The fraction of sp³-hybridized carbons (Fsp3) is 0.182. The minimum atomic E-state index is -0.266. The van der Waals surface area contributed by atoms with Crippen molar-refractivity contribution >= 4 is 24.1 Å². The van der Waals surface area contributed by atoms with Gasteiger partial charge < -0.3 is 20.5 Å². The first kappa shape index (κ1) is 21.6. The summed E-state index contributed by atoms with van der Waals surface area (Å²) in [6.45, 7) is 0.235. The molecule has 0 saturated carbocycles. The molecule has 0 fully saturated rings. The van der Waals surface area contributed by atoms with Crippen molar-refractivity contribution in [3.05, 3.63) is 77.0 Å². The third kappa shape index (κ3) is 5.08. The number of aromatic nitrogens is 2. The zero-order chi connectivity index (χ0) is 22.2. The number of H-pyrrole nitrogens is 1. The van der Waals surface area contributed by atoms with Crippen LogP contribution in [0.15, 0.2) is 54.6 Å². The molecule has 2 aromatic carbocycles. The van der Waals surface area contributed by atoms with Crippen LogP contribution in [0.1, 0.15) is 39.5 Å². The Hall–Kier alpha value is -4.14. The molecule has 0 bridgehead atoms. The van der Waals surface area contributed by atoms with Gasteiger partial charge in [-0.3, -0.25) is 19.5 Å². The molecule has 2 amide bonds. The highest BCUT2D eigenvalue weighted by molar-refractivity contribution is 6.00. The zero-order valence-corrected chi connectivity index (χ0v) is 16.8. The van der Waals surface area contributed by atoms with E-state index in [-0.39, 0.29) is 30.6 Å². The van der Waals surface area contributed by atoms with Crippen LogP contribution >= 0.6 is 0 Å². The molecule has 0 aliphatic carbocycles. The Bertz CT molecular complexity index is 1050. The molecule has 1 aliphatic heterocycles. The van der Waals surface area contributed by atoms with Crippen LogP contribution in [-0.2, 0) is 16.2 Å². The Morgan fingerprint density at radius 1 is 1.23 bits per heavy atom. The van der Waals surface area contributed by atoms with Gasteiger partial charge in [-0.25, -0.2) is 0 Å². The van der Waals surface area contributed by atoms with E-state index in [9.17, 15) is 9.59 Å². The Labute approximate surface area is 178 Å². The molecule has 0 saturated heterocycles. The topological polar surface area (TPSA) is 133 Å². The molecule has 9 heteroatoms. The minimum Gasteiger partial charge on any atom is -0.489 e. The van der Waals surface area contributed by atoms with Crippen molar-refractivity contribution in [3.8, 4) is 5.75 Å². The van der Waals surface area contributed by atoms with E-state index in [1.807, 2.05) is 54.6 Å². The summed E-state index contributed by atoms with van der Waals surface area (Å²) in [5.41, 5.74) is 3.09. The van der Waals surface area contributed by atoms with E-state index >= 15 is 0 Å². The van der Waals surface area contributed by atoms with Crippen molar-refractivity contribution in [1.29, 1.82) is 0 Å². The summed E-state index contributed by atoms with van der Waals surface area (Å²) >= 11 is 0. The van der Waals surface area contributed by atoms with Gasteiger partial charge in [0.1, 0.15) is 18.1 Å². The average Bonchev–Trinajstić information content (AvgIpc) is 3.22. The molecule has 9 nitrogen and oxygen atoms in total. The lowest BCUT2D eigenvalue weighted by molar-refractivity contribution is -0.123. The van der Waals surface area contributed by atoms with Gasteiger partial charge in [0.2, 0.25) is 5.91 Å². The van der Waals surface area contributed by atoms with Gasteiger partial charge in [-0.15, -0.1) is 0 Å². The van der Waals surface area contributed by atoms with Crippen LogP contribution < -0.4 is 15.4 Å². The normalized spacial score (nSPS) is 14.4. The molecule has 0 radical (unpaired) electrons. The highest BCUT2D eigenvalue weighted by Crippen LogP contribution is 2.38. The molecule has 31 heavy (non-hydrogen) atoms. The first-order valence-electron chi connectivity index (χ1n) is 9.52. The van der Waals surface area contributed by atoms with Gasteiger partial charge in [0.25, 0.3) is 12.4 Å². The summed E-state index contributed by atoms with van der Waals surface area (Å²) in [6.07, 6.45) is 0.251. The van der Waals surface area contributed by atoms with Crippen molar-refractivity contribution in [2.24, 2.45) is 0 Å². The van der Waals surface area contributed by atoms with Crippen LogP contribution in [0.5, 0.6) is 5.75 Å². The summed E-state index contributed by atoms with van der Waals surface area (Å²) in [5, 5.41) is 19.0. The Morgan fingerprint density at radius 3 is 2.55 bits per heavy atom. The van der Waals surface area contributed by atoms with Crippen molar-refractivity contribution < 1.29 is 24.2 Å². The van der Waals surface area contributed by atoms with Crippen molar-refractivity contribution in [2.75, 3.05) is 12.4 Å². The largest absolute Gasteiger partial charge is 0.489 e. The fourth-order valence-electron chi connectivity index (χ4n) is 3.38. The number of nitrogens with zero attached hydrogens (tertiary/aromatic N) is 1. The number of ether oxygens (including phenoxy) is 1. The van der Waals surface area contributed by atoms with E-state index in [0.717, 1.165) is 16.9 Å². The second-order valence-electron chi connectivity index (χ2n) is 6.69. The third-order valence-corrected chi connectivity index (χ3v) is 4.78. The van der Waals surface area contributed by atoms with Gasteiger partial charge in [-0.2, -0.15) is 5.10 Å². The Morgan fingerprint density at radius 2 is 1.90 bits per heavy atom. The lowest BCUT2D eigenvalue weighted by Crippen LogP contribution is -2.26. The zero-order valence-electron chi connectivity index (χ0n) is 16.8. The summed E-state index contributed by atoms with van der Waals surface area (Å²) in [7, 11) is 1.56. The number of anilines is 1. The number of hydrogen-bond acceptors (Lipinski definition) is 5. The number of amides is 2. The van der Waals surface area contributed by atoms with Crippen molar-refractivity contribution in [1.82, 2.24) is 15.5 Å². The first-order chi connectivity index (χ1) is 15.1. The molecule has 4 rings (SSSR count). The van der Waals surface area contributed by atoms with E-state index in [2.05, 4.69) is 20.8 Å². The number of aromatic amines is 1.